The molecule has 1 aromatic rings. The van der Waals surface area contributed by atoms with Gasteiger partial charge in [0.1, 0.15) is 5.76 Å². The fourth-order valence-corrected chi connectivity index (χ4v) is 1.46. The molecule has 2 nitrogen and oxygen atoms in total. The molecule has 0 fully saturated rings. The lowest BCUT2D eigenvalue weighted by Gasteiger charge is -1.96. The summed E-state index contributed by atoms with van der Waals surface area (Å²) in [4.78, 5) is 4.25. The fourth-order valence-electron chi connectivity index (χ4n) is 0.695. The lowest BCUT2D eigenvalue weighted by Crippen LogP contribution is -1.85. The van der Waals surface area contributed by atoms with Gasteiger partial charge in [0, 0.05) is 5.25 Å². The van der Waals surface area contributed by atoms with Crippen molar-refractivity contribution in [3.63, 3.8) is 0 Å². The van der Waals surface area contributed by atoms with Crippen molar-refractivity contribution in [3.8, 4) is 0 Å². The summed E-state index contributed by atoms with van der Waals surface area (Å²) in [6.45, 7) is 8.15. The molecular formula is C8H13NOS. The largest absolute Gasteiger partial charge is 0.437 e. The normalized spacial score (nSPS) is 11.0. The second-order valence-corrected chi connectivity index (χ2v) is 4.32. The summed E-state index contributed by atoms with van der Waals surface area (Å²) in [6.07, 6.45) is 0. The predicted molar refractivity (Wildman–Crippen MR) is 47.0 cm³/mol. The molecule has 1 aromatic heterocycles. The van der Waals surface area contributed by atoms with Crippen molar-refractivity contribution in [1.29, 1.82) is 0 Å². The molecule has 0 radical (unpaired) electrons. The van der Waals surface area contributed by atoms with Gasteiger partial charge >= 0.3 is 0 Å². The zero-order chi connectivity index (χ0) is 8.43. The molecule has 0 spiro atoms. The Morgan fingerprint density at radius 1 is 1.36 bits per heavy atom. The molecule has 0 atom stereocenters. The van der Waals surface area contributed by atoms with Crippen molar-refractivity contribution in [1.82, 2.24) is 4.98 Å². The first-order chi connectivity index (χ1) is 5.09. The van der Waals surface area contributed by atoms with E-state index in [1.165, 1.54) is 0 Å². The van der Waals surface area contributed by atoms with Gasteiger partial charge in [-0.25, -0.2) is 4.98 Å². The maximum absolute atomic E-state index is 5.38. The Hall–Kier alpha value is -0.440. The van der Waals surface area contributed by atoms with Gasteiger partial charge in [0.25, 0.3) is 5.22 Å². The number of hydrogen-bond donors (Lipinski definition) is 0. The van der Waals surface area contributed by atoms with Gasteiger partial charge in [-0.15, -0.1) is 0 Å². The second-order valence-electron chi connectivity index (χ2n) is 2.79. The average molecular weight is 171 g/mol. The van der Waals surface area contributed by atoms with Gasteiger partial charge in [-0.2, -0.15) is 0 Å². The van der Waals surface area contributed by atoms with Crippen molar-refractivity contribution in [3.05, 3.63) is 11.5 Å². The van der Waals surface area contributed by atoms with E-state index in [-0.39, 0.29) is 0 Å². The van der Waals surface area contributed by atoms with E-state index in [1.807, 2.05) is 13.8 Å². The van der Waals surface area contributed by atoms with E-state index in [4.69, 9.17) is 4.42 Å². The van der Waals surface area contributed by atoms with E-state index >= 15 is 0 Å². The third-order valence-corrected chi connectivity index (χ3v) is 2.19. The maximum Gasteiger partial charge on any atom is 0.256 e. The van der Waals surface area contributed by atoms with Gasteiger partial charge < -0.3 is 4.42 Å². The molecule has 0 aliphatic carbocycles. The molecule has 0 saturated carbocycles. The molecule has 0 aliphatic heterocycles. The van der Waals surface area contributed by atoms with E-state index in [0.29, 0.717) is 5.25 Å². The number of aryl methyl sites for hydroxylation is 2. The minimum Gasteiger partial charge on any atom is -0.437 e. The number of hydrogen-bond acceptors (Lipinski definition) is 3. The summed E-state index contributed by atoms with van der Waals surface area (Å²) < 4.78 is 5.38. The molecule has 1 rings (SSSR count). The van der Waals surface area contributed by atoms with Crippen LogP contribution in [0.1, 0.15) is 25.3 Å². The van der Waals surface area contributed by atoms with Crippen molar-refractivity contribution < 1.29 is 4.42 Å². The molecule has 3 heteroatoms. The lowest BCUT2D eigenvalue weighted by atomic mass is 10.4. The molecule has 0 N–H and O–H groups in total. The van der Waals surface area contributed by atoms with E-state index in [0.717, 1.165) is 16.7 Å². The zero-order valence-corrected chi connectivity index (χ0v) is 8.16. The smallest absolute Gasteiger partial charge is 0.256 e. The predicted octanol–water partition coefficient (Wildman–Crippen LogP) is 2.79. The minimum absolute atomic E-state index is 0.535. The number of aromatic nitrogens is 1. The minimum atomic E-state index is 0.535. The van der Waals surface area contributed by atoms with Crippen molar-refractivity contribution >= 4 is 11.8 Å². The molecule has 62 valence electrons. The molecule has 11 heavy (non-hydrogen) atoms. The Labute approximate surface area is 71.4 Å². The van der Waals surface area contributed by atoms with Crippen molar-refractivity contribution in [2.45, 2.75) is 38.2 Å². The summed E-state index contributed by atoms with van der Waals surface area (Å²) in [5.74, 6) is 0.924. The van der Waals surface area contributed by atoms with Gasteiger partial charge in [0.05, 0.1) is 5.69 Å². The standard InChI is InChI=1S/C8H13NOS/c1-5(2)11-8-9-6(3)7(4)10-8/h5H,1-4H3. The SMILES string of the molecule is Cc1nc(SC(C)C)oc1C. The fraction of sp³-hybridized carbons (Fsp3) is 0.625. The highest BCUT2D eigenvalue weighted by atomic mass is 32.2. The molecule has 0 bridgehead atoms. The molecule has 0 unspecified atom stereocenters. The summed E-state index contributed by atoms with van der Waals surface area (Å²) in [6, 6.07) is 0. The highest BCUT2D eigenvalue weighted by Gasteiger charge is 2.06. The van der Waals surface area contributed by atoms with Gasteiger partial charge in [-0.1, -0.05) is 25.6 Å². The maximum atomic E-state index is 5.38. The summed E-state index contributed by atoms with van der Waals surface area (Å²) in [7, 11) is 0. The highest BCUT2D eigenvalue weighted by molar-refractivity contribution is 7.99. The van der Waals surface area contributed by atoms with Crippen LogP contribution in [0.3, 0.4) is 0 Å². The van der Waals surface area contributed by atoms with Crippen LogP contribution in [0.5, 0.6) is 0 Å². The Bertz CT molecular complexity index is 223. The summed E-state index contributed by atoms with van der Waals surface area (Å²) in [5, 5.41) is 1.32. The molecule has 0 aliphatic rings. The van der Waals surface area contributed by atoms with Crippen molar-refractivity contribution in [2.24, 2.45) is 0 Å². The molecular weight excluding hydrogens is 158 g/mol. The Morgan fingerprint density at radius 2 is 2.00 bits per heavy atom. The second kappa shape index (κ2) is 3.30. The van der Waals surface area contributed by atoms with Crippen LogP contribution < -0.4 is 0 Å². The van der Waals surface area contributed by atoms with Crippen LogP contribution >= 0.6 is 11.8 Å². The first kappa shape index (κ1) is 8.65. The molecule has 0 amide bonds. The number of rotatable bonds is 2. The van der Waals surface area contributed by atoms with Gasteiger partial charge in [0.15, 0.2) is 0 Å². The van der Waals surface area contributed by atoms with Gasteiger partial charge in [-0.3, -0.25) is 0 Å². The van der Waals surface area contributed by atoms with Crippen LogP contribution in [0.15, 0.2) is 9.64 Å². The van der Waals surface area contributed by atoms with E-state index < -0.39 is 0 Å². The first-order valence-corrected chi connectivity index (χ1v) is 4.58. The zero-order valence-electron chi connectivity index (χ0n) is 7.34. The third kappa shape index (κ3) is 2.26. The number of oxazole rings is 1. The van der Waals surface area contributed by atoms with E-state index in [1.54, 1.807) is 11.8 Å². The quantitative estimate of drug-likeness (QED) is 0.640. The van der Waals surface area contributed by atoms with E-state index in [9.17, 15) is 0 Å². The number of thioether (sulfide) groups is 1. The molecule has 0 aromatic carbocycles. The topological polar surface area (TPSA) is 26.0 Å². The van der Waals surface area contributed by atoms with Crippen LogP contribution in [-0.2, 0) is 0 Å². The monoisotopic (exact) mass is 171 g/mol. The van der Waals surface area contributed by atoms with Crippen LogP contribution in [0.4, 0.5) is 0 Å². The van der Waals surface area contributed by atoms with Gasteiger partial charge in [0.2, 0.25) is 0 Å². The van der Waals surface area contributed by atoms with Crippen LogP contribution in [-0.4, -0.2) is 10.2 Å². The van der Waals surface area contributed by atoms with Gasteiger partial charge in [-0.05, 0) is 13.8 Å². The van der Waals surface area contributed by atoms with Crippen LogP contribution in [0, 0.1) is 13.8 Å². The molecule has 1 heterocycles. The summed E-state index contributed by atoms with van der Waals surface area (Å²) in [5.41, 5.74) is 0.994. The Kier molecular flexibility index (Phi) is 2.60. The third-order valence-electron chi connectivity index (χ3n) is 1.35. The van der Waals surface area contributed by atoms with E-state index in [2.05, 4.69) is 18.8 Å². The lowest BCUT2D eigenvalue weighted by molar-refractivity contribution is 0.430. The molecule has 0 saturated heterocycles. The van der Waals surface area contributed by atoms with Crippen LogP contribution in [0.2, 0.25) is 0 Å². The summed E-state index contributed by atoms with van der Waals surface area (Å²) >= 11 is 1.66. The Morgan fingerprint density at radius 3 is 2.36 bits per heavy atom. The van der Waals surface area contributed by atoms with Crippen molar-refractivity contribution in [2.75, 3.05) is 0 Å². The average Bonchev–Trinajstić information content (AvgIpc) is 2.10. The highest BCUT2D eigenvalue weighted by Crippen LogP contribution is 2.23. The number of nitrogens with zero attached hydrogens (tertiary/aromatic N) is 1. The first-order valence-electron chi connectivity index (χ1n) is 3.70. The van der Waals surface area contributed by atoms with Crippen LogP contribution in [0.25, 0.3) is 0 Å². The Balaban J connectivity index is 2.73.